The van der Waals surface area contributed by atoms with Gasteiger partial charge in [-0.3, -0.25) is 0 Å². The first-order valence-electron chi connectivity index (χ1n) is 1.82. The summed E-state index contributed by atoms with van der Waals surface area (Å²) in [4.78, 5) is 0. The van der Waals surface area contributed by atoms with Gasteiger partial charge >= 0.3 is 23.1 Å². The summed E-state index contributed by atoms with van der Waals surface area (Å²) < 4.78 is 0. The second-order valence-electron chi connectivity index (χ2n) is 0.931. The van der Waals surface area contributed by atoms with Gasteiger partial charge in [0.25, 0.3) is 0 Å². The van der Waals surface area contributed by atoms with Crippen molar-refractivity contribution < 1.29 is 17.5 Å². The summed E-state index contributed by atoms with van der Waals surface area (Å²) >= 11 is 0. The standard InChI is InChI=1S/C4H9O.ClH.Mg/c1-2-3-4-5;;/h5H,1-4H2;1H;/q-1;;+2/p-1. The van der Waals surface area contributed by atoms with Gasteiger partial charge in [-0.2, -0.15) is 6.42 Å². The molecule has 0 amide bonds. The van der Waals surface area contributed by atoms with Gasteiger partial charge in [0.2, 0.25) is 0 Å². The molecule has 7 heavy (non-hydrogen) atoms. The summed E-state index contributed by atoms with van der Waals surface area (Å²) in [5.74, 6) is 0. The molecule has 3 heteroatoms. The summed E-state index contributed by atoms with van der Waals surface area (Å²) in [6.07, 6.45) is 1.68. The molecule has 0 radical (unpaired) electrons. The van der Waals surface area contributed by atoms with Gasteiger partial charge < -0.3 is 24.4 Å². The third-order valence-corrected chi connectivity index (χ3v) is 0.408. The molecule has 0 unspecified atom stereocenters. The molecule has 0 bridgehead atoms. The molecule has 0 aliphatic heterocycles. The van der Waals surface area contributed by atoms with Crippen LogP contribution >= 0.6 is 0 Å². The van der Waals surface area contributed by atoms with E-state index < -0.39 is 0 Å². The van der Waals surface area contributed by atoms with Crippen LogP contribution in [-0.2, 0) is 0 Å². The molecule has 0 aromatic heterocycles. The maximum absolute atomic E-state index is 8.03. The van der Waals surface area contributed by atoms with Crippen LogP contribution in [0.1, 0.15) is 12.8 Å². The van der Waals surface area contributed by atoms with E-state index in [1.807, 2.05) is 0 Å². The summed E-state index contributed by atoms with van der Waals surface area (Å²) in [6, 6.07) is 0. The SMILES string of the molecule is [CH2-]CCCO.[Cl-].[Mg+2]. The van der Waals surface area contributed by atoms with Crippen LogP contribution in [0.25, 0.3) is 0 Å². The Bertz CT molecular complexity index is 19.2. The molecule has 0 rings (SSSR count). The molecule has 40 valence electrons. The molecule has 0 aromatic rings. The Kier molecular flexibility index (Phi) is 35.3. The fraction of sp³-hybridized carbons (Fsp3) is 0.750. The Morgan fingerprint density at radius 1 is 1.43 bits per heavy atom. The molecule has 0 spiro atoms. The number of rotatable bonds is 2. The minimum absolute atomic E-state index is 0. The molecule has 1 N–H and O–H groups in total. The minimum atomic E-state index is 0. The molecule has 0 saturated heterocycles. The second-order valence-corrected chi connectivity index (χ2v) is 0.931. The van der Waals surface area contributed by atoms with Crippen LogP contribution in [0, 0.1) is 6.92 Å². The van der Waals surface area contributed by atoms with E-state index in [4.69, 9.17) is 5.11 Å². The van der Waals surface area contributed by atoms with Gasteiger partial charge in [-0.1, -0.05) is 6.42 Å². The van der Waals surface area contributed by atoms with Crippen LogP contribution in [0.5, 0.6) is 0 Å². The van der Waals surface area contributed by atoms with Crippen molar-refractivity contribution in [2.24, 2.45) is 0 Å². The van der Waals surface area contributed by atoms with Crippen LogP contribution in [0.4, 0.5) is 0 Å². The van der Waals surface area contributed by atoms with E-state index >= 15 is 0 Å². The number of hydrogen-bond acceptors (Lipinski definition) is 1. The first-order valence-corrected chi connectivity index (χ1v) is 1.82. The van der Waals surface area contributed by atoms with Crippen molar-refractivity contribution in [2.75, 3.05) is 6.61 Å². The Balaban J connectivity index is -0.0000000800. The van der Waals surface area contributed by atoms with Gasteiger partial charge in [-0.05, 0) is 0 Å². The zero-order valence-corrected chi connectivity index (χ0v) is 6.53. The molecule has 0 heterocycles. The van der Waals surface area contributed by atoms with Gasteiger partial charge in [-0.25, -0.2) is 0 Å². The normalized spacial score (nSPS) is 6.00. The van der Waals surface area contributed by atoms with Crippen molar-refractivity contribution in [3.05, 3.63) is 6.92 Å². The quantitative estimate of drug-likeness (QED) is 0.319. The van der Waals surface area contributed by atoms with E-state index in [-0.39, 0.29) is 42.1 Å². The van der Waals surface area contributed by atoms with E-state index in [0.29, 0.717) is 0 Å². The van der Waals surface area contributed by atoms with Crippen molar-refractivity contribution in [1.82, 2.24) is 0 Å². The molecule has 0 aromatic carbocycles. The first kappa shape index (κ1) is 15.7. The number of hydrogen-bond donors (Lipinski definition) is 1. The molecule has 0 saturated carbocycles. The number of unbranched alkanes of at least 4 members (excludes halogenated alkanes) is 1. The average molecular weight is 133 g/mol. The zero-order valence-electron chi connectivity index (χ0n) is 4.36. The number of aliphatic hydroxyl groups excluding tert-OH is 1. The largest absolute Gasteiger partial charge is 2.00 e. The zero-order chi connectivity index (χ0) is 4.12. The summed E-state index contributed by atoms with van der Waals surface area (Å²) in [6.45, 7) is 3.80. The molecule has 0 fully saturated rings. The molecular weight excluding hydrogens is 124 g/mol. The average Bonchev–Trinajstić information content (AvgIpc) is 1.41. The number of aliphatic hydroxyl groups is 1. The fourth-order valence-corrected chi connectivity index (χ4v) is 0.112. The molecule has 0 aliphatic carbocycles. The monoisotopic (exact) mass is 132 g/mol. The third-order valence-electron chi connectivity index (χ3n) is 0.408. The van der Waals surface area contributed by atoms with Gasteiger partial charge in [-0.15, -0.1) is 0 Å². The van der Waals surface area contributed by atoms with Crippen LogP contribution in [0.3, 0.4) is 0 Å². The number of halogens is 1. The molecular formula is C4H9ClMgO. The summed E-state index contributed by atoms with van der Waals surface area (Å²) in [7, 11) is 0. The predicted octanol–water partition coefficient (Wildman–Crippen LogP) is -2.78. The third kappa shape index (κ3) is 19.4. The van der Waals surface area contributed by atoms with E-state index in [1.54, 1.807) is 0 Å². The molecule has 1 nitrogen and oxygen atoms in total. The molecule has 0 atom stereocenters. The Labute approximate surface area is 67.1 Å². The van der Waals surface area contributed by atoms with E-state index in [1.165, 1.54) is 0 Å². The summed E-state index contributed by atoms with van der Waals surface area (Å²) in [5, 5.41) is 8.03. The van der Waals surface area contributed by atoms with E-state index in [9.17, 15) is 0 Å². The second kappa shape index (κ2) is 15.7. The molecule has 0 aliphatic rings. The maximum Gasteiger partial charge on any atom is 2.00 e. The van der Waals surface area contributed by atoms with Gasteiger partial charge in [0.05, 0.1) is 0 Å². The Morgan fingerprint density at radius 3 is 1.86 bits per heavy atom. The summed E-state index contributed by atoms with van der Waals surface area (Å²) in [5.41, 5.74) is 0. The Morgan fingerprint density at radius 2 is 1.86 bits per heavy atom. The minimum Gasteiger partial charge on any atom is -1.00 e. The fourth-order valence-electron chi connectivity index (χ4n) is 0.112. The maximum atomic E-state index is 8.03. The van der Waals surface area contributed by atoms with Gasteiger partial charge in [0.1, 0.15) is 0 Å². The van der Waals surface area contributed by atoms with E-state index in [0.717, 1.165) is 12.8 Å². The van der Waals surface area contributed by atoms with Crippen molar-refractivity contribution in [2.45, 2.75) is 12.8 Å². The Hall–Kier alpha value is 1.02. The van der Waals surface area contributed by atoms with Crippen molar-refractivity contribution in [3.8, 4) is 0 Å². The van der Waals surface area contributed by atoms with Crippen LogP contribution < -0.4 is 12.4 Å². The van der Waals surface area contributed by atoms with Crippen LogP contribution in [0.15, 0.2) is 0 Å². The van der Waals surface area contributed by atoms with Crippen molar-refractivity contribution >= 4 is 23.1 Å². The van der Waals surface area contributed by atoms with Crippen LogP contribution in [-0.4, -0.2) is 34.8 Å². The smallest absolute Gasteiger partial charge is 1.00 e. The van der Waals surface area contributed by atoms with Crippen LogP contribution in [0.2, 0.25) is 0 Å². The van der Waals surface area contributed by atoms with Gasteiger partial charge in [0.15, 0.2) is 0 Å². The van der Waals surface area contributed by atoms with Crippen molar-refractivity contribution in [3.63, 3.8) is 0 Å². The van der Waals surface area contributed by atoms with E-state index in [2.05, 4.69) is 6.92 Å². The van der Waals surface area contributed by atoms with Crippen molar-refractivity contribution in [1.29, 1.82) is 0 Å². The van der Waals surface area contributed by atoms with Gasteiger partial charge in [0, 0.05) is 6.61 Å². The topological polar surface area (TPSA) is 20.2 Å². The first-order chi connectivity index (χ1) is 2.41. The predicted molar refractivity (Wildman–Crippen MR) is 27.4 cm³/mol.